The van der Waals surface area contributed by atoms with E-state index in [1.165, 1.54) is 18.5 Å². The quantitative estimate of drug-likeness (QED) is 0.668. The van der Waals surface area contributed by atoms with E-state index in [4.69, 9.17) is 9.72 Å². The zero-order valence-corrected chi connectivity index (χ0v) is 15.8. The lowest BCUT2D eigenvalue weighted by atomic mass is 9.94. The third kappa shape index (κ3) is 4.37. The van der Waals surface area contributed by atoms with Gasteiger partial charge in [0.05, 0.1) is 0 Å². The second-order valence-corrected chi connectivity index (χ2v) is 7.07. The van der Waals surface area contributed by atoms with Gasteiger partial charge in [-0.3, -0.25) is 9.47 Å². The van der Waals surface area contributed by atoms with Crippen molar-refractivity contribution in [2.75, 3.05) is 26.2 Å². The third-order valence-electron chi connectivity index (χ3n) is 5.17. The molecule has 0 unspecified atom stereocenters. The first kappa shape index (κ1) is 17.7. The highest BCUT2D eigenvalue weighted by Crippen LogP contribution is 2.26. The van der Waals surface area contributed by atoms with Crippen LogP contribution >= 0.6 is 0 Å². The Hall–Kier alpha value is -2.66. The van der Waals surface area contributed by atoms with Gasteiger partial charge in [0.15, 0.2) is 0 Å². The molecule has 0 saturated carbocycles. The van der Waals surface area contributed by atoms with Crippen molar-refractivity contribution < 1.29 is 4.74 Å². The van der Waals surface area contributed by atoms with E-state index >= 15 is 0 Å². The number of aryl methyl sites for hydroxylation is 1. The fourth-order valence-corrected chi connectivity index (χ4v) is 3.73. The molecular weight excluding hydrogens is 336 g/mol. The Balaban J connectivity index is 1.37. The van der Waals surface area contributed by atoms with E-state index in [0.29, 0.717) is 5.92 Å². The number of nitrogens with zero attached hydrogens (tertiary/aromatic N) is 4. The van der Waals surface area contributed by atoms with Crippen LogP contribution in [0.5, 0.6) is 5.75 Å². The number of hydrogen-bond acceptors (Lipinski definition) is 4. The second kappa shape index (κ2) is 8.35. The number of aromatic nitrogens is 3. The maximum Gasteiger partial charge on any atom is 0.138 e. The van der Waals surface area contributed by atoms with Gasteiger partial charge in [-0.15, -0.1) is 0 Å². The van der Waals surface area contributed by atoms with Crippen molar-refractivity contribution in [3.63, 3.8) is 0 Å². The van der Waals surface area contributed by atoms with Crippen LogP contribution < -0.4 is 4.74 Å². The average Bonchev–Trinajstić information content (AvgIpc) is 3.15. The molecule has 2 aromatic heterocycles. The monoisotopic (exact) mass is 362 g/mol. The van der Waals surface area contributed by atoms with Gasteiger partial charge in [0.1, 0.15) is 24.0 Å². The largest absolute Gasteiger partial charge is 0.492 e. The molecule has 4 rings (SSSR count). The summed E-state index contributed by atoms with van der Waals surface area (Å²) in [6.45, 7) is 5.85. The van der Waals surface area contributed by atoms with E-state index in [1.807, 2.05) is 60.3 Å². The van der Waals surface area contributed by atoms with Crippen LogP contribution in [-0.4, -0.2) is 45.7 Å². The molecule has 3 heterocycles. The molecule has 5 nitrogen and oxygen atoms in total. The lowest BCUT2D eigenvalue weighted by molar-refractivity contribution is 0.169. The normalized spacial score (nSPS) is 17.7. The molecule has 1 aromatic carbocycles. The number of hydrogen-bond donors (Lipinski definition) is 0. The Labute approximate surface area is 160 Å². The van der Waals surface area contributed by atoms with Gasteiger partial charge in [0, 0.05) is 37.1 Å². The molecule has 1 atom stereocenters. The zero-order valence-electron chi connectivity index (χ0n) is 15.8. The number of ether oxygens (including phenoxy) is 1. The molecule has 5 heteroatoms. The molecular formula is C22H26N4O. The van der Waals surface area contributed by atoms with Crippen LogP contribution in [0.4, 0.5) is 0 Å². The summed E-state index contributed by atoms with van der Waals surface area (Å²) in [7, 11) is 0. The number of likely N-dealkylation sites (tertiary alicyclic amines) is 1. The fourth-order valence-electron chi connectivity index (χ4n) is 3.73. The minimum atomic E-state index is 0.472. The van der Waals surface area contributed by atoms with Crippen molar-refractivity contribution in [2.24, 2.45) is 0 Å². The Kier molecular flexibility index (Phi) is 5.49. The zero-order chi connectivity index (χ0) is 18.5. The molecule has 0 spiro atoms. The van der Waals surface area contributed by atoms with Gasteiger partial charge < -0.3 is 4.74 Å². The molecule has 140 valence electrons. The number of benzene rings is 1. The van der Waals surface area contributed by atoms with Gasteiger partial charge in [-0.05, 0) is 50.6 Å². The van der Waals surface area contributed by atoms with Crippen LogP contribution in [0.3, 0.4) is 0 Å². The molecule has 1 fully saturated rings. The summed E-state index contributed by atoms with van der Waals surface area (Å²) in [4.78, 5) is 11.7. The standard InChI is InChI=1S/C22H26N4O/c1-18-23-12-14-26(18)22-11-5-10-21(24-22)19-7-6-13-25(17-19)15-16-27-20-8-3-2-4-9-20/h2-5,8-12,14,19H,6-7,13,15-17H2,1H3/t19-/m0/s1. The van der Waals surface area contributed by atoms with Crippen LogP contribution in [0.1, 0.15) is 30.3 Å². The molecule has 27 heavy (non-hydrogen) atoms. The minimum absolute atomic E-state index is 0.472. The van der Waals surface area contributed by atoms with Crippen molar-refractivity contribution in [2.45, 2.75) is 25.7 Å². The van der Waals surface area contributed by atoms with E-state index < -0.39 is 0 Å². The molecule has 3 aromatic rings. The summed E-state index contributed by atoms with van der Waals surface area (Å²) in [6, 6.07) is 16.3. The first-order valence-electron chi connectivity index (χ1n) is 9.67. The van der Waals surface area contributed by atoms with Crippen LogP contribution in [0.2, 0.25) is 0 Å². The van der Waals surface area contributed by atoms with Crippen LogP contribution in [0, 0.1) is 6.92 Å². The number of pyridine rings is 1. The predicted molar refractivity (Wildman–Crippen MR) is 106 cm³/mol. The maximum absolute atomic E-state index is 5.86. The lowest BCUT2D eigenvalue weighted by Gasteiger charge is -2.32. The first-order chi connectivity index (χ1) is 13.3. The van der Waals surface area contributed by atoms with Crippen molar-refractivity contribution in [3.8, 4) is 11.6 Å². The minimum Gasteiger partial charge on any atom is -0.492 e. The van der Waals surface area contributed by atoms with Crippen molar-refractivity contribution >= 4 is 0 Å². The van der Waals surface area contributed by atoms with Gasteiger partial charge in [0.2, 0.25) is 0 Å². The Morgan fingerprint density at radius 3 is 2.81 bits per heavy atom. The maximum atomic E-state index is 5.86. The van der Waals surface area contributed by atoms with Gasteiger partial charge >= 0.3 is 0 Å². The van der Waals surface area contributed by atoms with Gasteiger partial charge in [0.25, 0.3) is 0 Å². The van der Waals surface area contributed by atoms with Crippen LogP contribution in [-0.2, 0) is 0 Å². The van der Waals surface area contributed by atoms with Crippen LogP contribution in [0.15, 0.2) is 60.9 Å². The summed E-state index contributed by atoms with van der Waals surface area (Å²) in [6.07, 6.45) is 6.18. The number of rotatable bonds is 6. The molecule has 0 aliphatic carbocycles. The first-order valence-corrected chi connectivity index (χ1v) is 9.67. The number of para-hydroxylation sites is 1. The fraction of sp³-hybridized carbons (Fsp3) is 0.364. The summed E-state index contributed by atoms with van der Waals surface area (Å²) in [5.41, 5.74) is 1.18. The van der Waals surface area contributed by atoms with Crippen molar-refractivity contribution in [3.05, 3.63) is 72.4 Å². The SMILES string of the molecule is Cc1nccn1-c1cccc([C@H]2CCCN(CCOc3ccccc3)C2)n1. The molecule has 0 bridgehead atoms. The number of imidazole rings is 1. The number of piperidine rings is 1. The van der Waals surface area contributed by atoms with E-state index in [1.54, 1.807) is 0 Å². The molecule has 0 N–H and O–H groups in total. The topological polar surface area (TPSA) is 43.2 Å². The highest BCUT2D eigenvalue weighted by Gasteiger charge is 2.22. The Morgan fingerprint density at radius 1 is 1.11 bits per heavy atom. The molecule has 0 amide bonds. The molecule has 1 aliphatic heterocycles. The van der Waals surface area contributed by atoms with Crippen molar-refractivity contribution in [1.29, 1.82) is 0 Å². The third-order valence-corrected chi connectivity index (χ3v) is 5.17. The van der Waals surface area contributed by atoms with E-state index in [9.17, 15) is 0 Å². The Morgan fingerprint density at radius 2 is 2.00 bits per heavy atom. The lowest BCUT2D eigenvalue weighted by Crippen LogP contribution is -2.37. The highest BCUT2D eigenvalue weighted by atomic mass is 16.5. The predicted octanol–water partition coefficient (Wildman–Crippen LogP) is 3.83. The molecule has 1 saturated heterocycles. The summed E-state index contributed by atoms with van der Waals surface area (Å²) in [5, 5.41) is 0. The second-order valence-electron chi connectivity index (χ2n) is 7.07. The molecule has 1 aliphatic rings. The van der Waals surface area contributed by atoms with Crippen molar-refractivity contribution in [1.82, 2.24) is 19.4 Å². The average molecular weight is 362 g/mol. The van der Waals surface area contributed by atoms with E-state index in [-0.39, 0.29) is 0 Å². The van der Waals surface area contributed by atoms with E-state index in [2.05, 4.69) is 22.0 Å². The van der Waals surface area contributed by atoms with Gasteiger partial charge in [-0.25, -0.2) is 9.97 Å². The van der Waals surface area contributed by atoms with Gasteiger partial charge in [-0.2, -0.15) is 0 Å². The summed E-state index contributed by atoms with van der Waals surface area (Å²) >= 11 is 0. The highest BCUT2D eigenvalue weighted by molar-refractivity contribution is 5.28. The smallest absolute Gasteiger partial charge is 0.138 e. The van der Waals surface area contributed by atoms with Gasteiger partial charge in [-0.1, -0.05) is 24.3 Å². The molecule has 0 radical (unpaired) electrons. The summed E-state index contributed by atoms with van der Waals surface area (Å²) in [5.74, 6) is 3.32. The Bertz CT molecular complexity index is 862. The van der Waals surface area contributed by atoms with E-state index in [0.717, 1.165) is 43.6 Å². The van der Waals surface area contributed by atoms with Crippen LogP contribution in [0.25, 0.3) is 5.82 Å². The summed E-state index contributed by atoms with van der Waals surface area (Å²) < 4.78 is 7.90.